The van der Waals surface area contributed by atoms with E-state index in [0.717, 1.165) is 10.7 Å². The number of nitrogens with one attached hydrogen (secondary N) is 2. The van der Waals surface area contributed by atoms with Gasteiger partial charge >= 0.3 is 0 Å². The third-order valence-corrected chi connectivity index (χ3v) is 8.16. The summed E-state index contributed by atoms with van der Waals surface area (Å²) < 4.78 is 42.6. The van der Waals surface area contributed by atoms with Gasteiger partial charge in [-0.15, -0.1) is 11.3 Å². The number of halogens is 1. The first kappa shape index (κ1) is 25.7. The van der Waals surface area contributed by atoms with Crippen molar-refractivity contribution in [3.63, 3.8) is 0 Å². The van der Waals surface area contributed by atoms with Crippen molar-refractivity contribution in [1.82, 2.24) is 15.0 Å². The summed E-state index contributed by atoms with van der Waals surface area (Å²) in [6.45, 7) is 7.86. The lowest BCUT2D eigenvalue weighted by Crippen LogP contribution is -2.17. The number of benzene rings is 2. The number of thiazole rings is 1. The highest BCUT2D eigenvalue weighted by Crippen LogP contribution is 2.42. The van der Waals surface area contributed by atoms with Gasteiger partial charge in [-0.25, -0.2) is 27.8 Å². The largest absolute Gasteiger partial charge is 0.324 e. The Kier molecular flexibility index (Phi) is 7.37. The van der Waals surface area contributed by atoms with E-state index in [1.807, 2.05) is 51.1 Å². The first-order valence-corrected chi connectivity index (χ1v) is 14.0. The minimum Gasteiger partial charge on any atom is -0.324 e. The van der Waals surface area contributed by atoms with Crippen molar-refractivity contribution in [2.45, 2.75) is 39.5 Å². The van der Waals surface area contributed by atoms with E-state index in [-0.39, 0.29) is 22.4 Å². The molecule has 0 saturated heterocycles. The van der Waals surface area contributed by atoms with E-state index in [0.29, 0.717) is 28.6 Å². The lowest BCUT2D eigenvalue weighted by molar-refractivity contribution is 0.585. The summed E-state index contributed by atoms with van der Waals surface area (Å²) >= 11 is 1.43. The van der Waals surface area contributed by atoms with E-state index in [4.69, 9.17) is 4.98 Å². The Morgan fingerprint density at radius 3 is 2.44 bits per heavy atom. The number of aromatic nitrogens is 3. The molecule has 0 aliphatic heterocycles. The molecule has 10 heteroatoms. The van der Waals surface area contributed by atoms with Crippen LogP contribution in [0.4, 0.5) is 21.7 Å². The van der Waals surface area contributed by atoms with Crippen LogP contribution in [0, 0.1) is 5.82 Å². The summed E-state index contributed by atoms with van der Waals surface area (Å²) in [7, 11) is -3.66. The molecule has 0 aliphatic carbocycles. The monoisotopic (exact) mass is 525 g/mol. The molecule has 0 spiro atoms. The molecule has 4 rings (SSSR count). The normalized spacial score (nSPS) is 11.9. The van der Waals surface area contributed by atoms with Crippen LogP contribution >= 0.6 is 11.3 Å². The predicted molar refractivity (Wildman–Crippen MR) is 145 cm³/mol. The molecular weight excluding hydrogens is 497 g/mol. The molecule has 0 atom stereocenters. The number of para-hydroxylation sites is 1. The third-order valence-electron chi connectivity index (χ3n) is 5.18. The molecule has 2 aromatic carbocycles. The van der Waals surface area contributed by atoms with E-state index >= 15 is 4.39 Å². The fraction of sp³-hybridized carbons (Fsp3) is 0.269. The molecule has 0 bridgehead atoms. The second-order valence-electron chi connectivity index (χ2n) is 9.29. The van der Waals surface area contributed by atoms with Gasteiger partial charge < -0.3 is 5.32 Å². The molecule has 2 heterocycles. The van der Waals surface area contributed by atoms with E-state index in [2.05, 4.69) is 20.0 Å². The third kappa shape index (κ3) is 5.88. The van der Waals surface area contributed by atoms with E-state index in [9.17, 15) is 8.42 Å². The zero-order valence-electron chi connectivity index (χ0n) is 20.5. The van der Waals surface area contributed by atoms with Gasteiger partial charge in [-0.05, 0) is 36.8 Å². The molecule has 4 aromatic rings. The van der Waals surface area contributed by atoms with Gasteiger partial charge in [0.05, 0.1) is 32.7 Å². The van der Waals surface area contributed by atoms with E-state index in [1.165, 1.54) is 17.4 Å². The Morgan fingerprint density at radius 1 is 1.00 bits per heavy atom. The van der Waals surface area contributed by atoms with Crippen molar-refractivity contribution >= 4 is 38.7 Å². The van der Waals surface area contributed by atoms with Crippen LogP contribution in [-0.2, 0) is 15.4 Å². The molecule has 0 unspecified atom stereocenters. The Labute approximate surface area is 214 Å². The van der Waals surface area contributed by atoms with Crippen LogP contribution in [0.25, 0.3) is 21.8 Å². The highest BCUT2D eigenvalue weighted by atomic mass is 32.2. The molecule has 0 saturated carbocycles. The molecule has 0 amide bonds. The fourth-order valence-corrected chi connectivity index (χ4v) is 5.71. The van der Waals surface area contributed by atoms with Crippen LogP contribution < -0.4 is 10.0 Å². The van der Waals surface area contributed by atoms with Crippen molar-refractivity contribution in [2.24, 2.45) is 0 Å². The van der Waals surface area contributed by atoms with Crippen LogP contribution in [0.5, 0.6) is 0 Å². The average Bonchev–Trinajstić information content (AvgIpc) is 3.27. The van der Waals surface area contributed by atoms with Crippen molar-refractivity contribution in [3.8, 4) is 21.8 Å². The molecule has 2 aromatic heterocycles. The summed E-state index contributed by atoms with van der Waals surface area (Å²) in [5, 5.41) is 3.99. The van der Waals surface area contributed by atoms with Gasteiger partial charge in [0.2, 0.25) is 16.0 Å². The van der Waals surface area contributed by atoms with Crippen LogP contribution in [0.1, 0.15) is 39.1 Å². The first-order valence-electron chi connectivity index (χ1n) is 11.5. The number of rotatable bonds is 8. The van der Waals surface area contributed by atoms with Crippen LogP contribution in [0.2, 0.25) is 0 Å². The lowest BCUT2D eigenvalue weighted by atomic mass is 9.98. The molecule has 2 N–H and O–H groups in total. The van der Waals surface area contributed by atoms with Crippen LogP contribution in [0.3, 0.4) is 0 Å². The second-order valence-corrected chi connectivity index (χ2v) is 12.1. The maximum absolute atomic E-state index is 15.7. The minimum atomic E-state index is -3.66. The van der Waals surface area contributed by atoms with E-state index in [1.54, 1.807) is 31.3 Å². The molecule has 188 valence electrons. The summed E-state index contributed by atoms with van der Waals surface area (Å²) in [6.07, 6.45) is 2.06. The van der Waals surface area contributed by atoms with E-state index < -0.39 is 15.8 Å². The van der Waals surface area contributed by atoms with Gasteiger partial charge in [0, 0.05) is 22.9 Å². The van der Waals surface area contributed by atoms with Gasteiger partial charge in [-0.1, -0.05) is 52.0 Å². The van der Waals surface area contributed by atoms with Gasteiger partial charge in [0.15, 0.2) is 5.82 Å². The molecule has 0 radical (unpaired) electrons. The number of hydrogen-bond donors (Lipinski definition) is 2. The Hall–Kier alpha value is -3.37. The molecular formula is C26H28FN5O2S2. The number of sulfonamides is 1. The zero-order chi connectivity index (χ0) is 25.9. The highest BCUT2D eigenvalue weighted by molar-refractivity contribution is 7.92. The highest BCUT2D eigenvalue weighted by Gasteiger charge is 2.26. The zero-order valence-corrected chi connectivity index (χ0v) is 22.2. The Bertz CT molecular complexity index is 1470. The van der Waals surface area contributed by atoms with Gasteiger partial charge in [0.25, 0.3) is 0 Å². The lowest BCUT2D eigenvalue weighted by Gasteiger charge is -2.13. The number of anilines is 3. The van der Waals surface area contributed by atoms with Gasteiger partial charge in [-0.2, -0.15) is 0 Å². The Morgan fingerprint density at radius 2 is 1.75 bits per heavy atom. The maximum atomic E-state index is 15.7. The van der Waals surface area contributed by atoms with Crippen molar-refractivity contribution in [3.05, 3.63) is 71.6 Å². The number of hydrogen-bond acceptors (Lipinski definition) is 7. The van der Waals surface area contributed by atoms with Gasteiger partial charge in [-0.3, -0.25) is 4.72 Å². The maximum Gasteiger partial charge on any atom is 0.232 e. The summed E-state index contributed by atoms with van der Waals surface area (Å²) in [5.74, 6) is -0.372. The van der Waals surface area contributed by atoms with Crippen molar-refractivity contribution in [1.29, 1.82) is 0 Å². The molecule has 0 aliphatic rings. The quantitative estimate of drug-likeness (QED) is 0.269. The van der Waals surface area contributed by atoms with Gasteiger partial charge in [0.1, 0.15) is 0 Å². The summed E-state index contributed by atoms with van der Waals surface area (Å²) in [6, 6.07) is 15.9. The van der Waals surface area contributed by atoms with Crippen LogP contribution in [-0.4, -0.2) is 29.1 Å². The summed E-state index contributed by atoms with van der Waals surface area (Å²) in [4.78, 5) is 14.5. The predicted octanol–water partition coefficient (Wildman–Crippen LogP) is 6.60. The smallest absolute Gasteiger partial charge is 0.232 e. The number of nitrogens with zero attached hydrogens (tertiary/aromatic N) is 3. The standard InChI is InChI=1S/C26H28FN5O2S2/c1-5-16-36(33,34)32-19-13-9-12-18(21(19)27)22-23(35-24(31-22)26(2,3)4)20-14-15-28-25(30-20)29-17-10-7-6-8-11-17/h6-15,32H,5,16H2,1-4H3,(H,28,29,30). The van der Waals surface area contributed by atoms with Crippen molar-refractivity contribution < 1.29 is 12.8 Å². The fourth-order valence-electron chi connectivity index (χ4n) is 3.47. The topological polar surface area (TPSA) is 96.9 Å². The van der Waals surface area contributed by atoms with Crippen molar-refractivity contribution in [2.75, 3.05) is 15.8 Å². The average molecular weight is 526 g/mol. The summed E-state index contributed by atoms with van der Waals surface area (Å²) in [5.41, 5.74) is 1.64. The molecule has 7 nitrogen and oxygen atoms in total. The Balaban J connectivity index is 1.81. The minimum absolute atomic E-state index is 0.0923. The second kappa shape index (κ2) is 10.3. The van der Waals surface area contributed by atoms with Crippen LogP contribution in [0.15, 0.2) is 60.8 Å². The SMILES string of the molecule is CCCS(=O)(=O)Nc1cccc(-c2nc(C(C)(C)C)sc2-c2ccnc(Nc3ccccc3)n2)c1F. The molecule has 0 fully saturated rings. The molecule has 36 heavy (non-hydrogen) atoms. The first-order chi connectivity index (χ1) is 17.1.